The van der Waals surface area contributed by atoms with Gasteiger partial charge in [0.05, 0.1) is 13.0 Å². The third kappa shape index (κ3) is 4.68. The lowest BCUT2D eigenvalue weighted by Gasteiger charge is -2.18. The highest BCUT2D eigenvalue weighted by Crippen LogP contribution is 2.31. The van der Waals surface area contributed by atoms with Crippen molar-refractivity contribution in [3.63, 3.8) is 0 Å². The second-order valence-corrected chi connectivity index (χ2v) is 7.61. The van der Waals surface area contributed by atoms with Crippen LogP contribution in [0.25, 0.3) is 11.1 Å². The van der Waals surface area contributed by atoms with Crippen molar-refractivity contribution >= 4 is 11.6 Å². The molecule has 0 saturated carbocycles. The lowest BCUT2D eigenvalue weighted by atomic mass is 9.83. The molecule has 3 heteroatoms. The molecule has 4 aromatic rings. The zero-order valence-electron chi connectivity index (χ0n) is 17.9. The molecule has 32 heavy (non-hydrogen) atoms. The number of ether oxygens (including phenoxy) is 1. The summed E-state index contributed by atoms with van der Waals surface area (Å²) in [5, 5.41) is 0. The number of methoxy groups -OCH3 is 1. The van der Waals surface area contributed by atoms with Crippen molar-refractivity contribution in [2.45, 2.75) is 6.42 Å². The molecule has 0 spiro atoms. The minimum Gasteiger partial charge on any atom is -0.497 e. The molecule has 0 aromatic heterocycles. The molecule has 0 bridgehead atoms. The minimum atomic E-state index is -0.823. The molecule has 0 radical (unpaired) electrons. The van der Waals surface area contributed by atoms with Gasteiger partial charge in [-0.05, 0) is 35.2 Å². The highest BCUT2D eigenvalue weighted by Gasteiger charge is 2.29. The van der Waals surface area contributed by atoms with Gasteiger partial charge in [0, 0.05) is 11.1 Å². The second-order valence-electron chi connectivity index (χ2n) is 7.61. The van der Waals surface area contributed by atoms with Crippen LogP contribution in [0.5, 0.6) is 5.75 Å². The molecular formula is C29H24O3. The normalized spacial score (nSPS) is 10.7. The van der Waals surface area contributed by atoms with Gasteiger partial charge in [-0.3, -0.25) is 9.59 Å². The lowest BCUT2D eigenvalue weighted by molar-refractivity contribution is 0.0807. The monoisotopic (exact) mass is 420 g/mol. The number of hydrogen-bond donors (Lipinski definition) is 0. The Labute approximate surface area is 188 Å². The maximum atomic E-state index is 13.5. The highest BCUT2D eigenvalue weighted by atomic mass is 16.5. The SMILES string of the molecule is COc1ccc(CC(C(=O)c2ccccc2)C(=O)c2ccccc2)c(-c2ccccc2)c1. The van der Waals surface area contributed by atoms with Crippen LogP contribution in [0.2, 0.25) is 0 Å². The maximum Gasteiger partial charge on any atom is 0.174 e. The van der Waals surface area contributed by atoms with Crippen LogP contribution in [0.4, 0.5) is 0 Å². The third-order valence-electron chi connectivity index (χ3n) is 5.58. The van der Waals surface area contributed by atoms with Crippen molar-refractivity contribution in [3.8, 4) is 16.9 Å². The van der Waals surface area contributed by atoms with Crippen molar-refractivity contribution in [1.29, 1.82) is 0 Å². The summed E-state index contributed by atoms with van der Waals surface area (Å²) < 4.78 is 5.44. The van der Waals surface area contributed by atoms with Gasteiger partial charge in [-0.25, -0.2) is 0 Å². The lowest BCUT2D eigenvalue weighted by Crippen LogP contribution is -2.27. The van der Waals surface area contributed by atoms with Crippen molar-refractivity contribution in [3.05, 3.63) is 126 Å². The van der Waals surface area contributed by atoms with Gasteiger partial charge in [-0.15, -0.1) is 0 Å². The quantitative estimate of drug-likeness (QED) is 0.249. The van der Waals surface area contributed by atoms with Crippen LogP contribution in [-0.4, -0.2) is 18.7 Å². The maximum absolute atomic E-state index is 13.5. The van der Waals surface area contributed by atoms with E-state index in [1.807, 2.05) is 84.9 Å². The largest absolute Gasteiger partial charge is 0.497 e. The average Bonchev–Trinajstić information content (AvgIpc) is 2.88. The predicted molar refractivity (Wildman–Crippen MR) is 127 cm³/mol. The van der Waals surface area contributed by atoms with Crippen LogP contribution in [0, 0.1) is 5.92 Å². The second kappa shape index (κ2) is 9.88. The van der Waals surface area contributed by atoms with Crippen LogP contribution >= 0.6 is 0 Å². The number of carbonyl (C=O) groups is 2. The van der Waals surface area contributed by atoms with Crippen molar-refractivity contribution in [2.75, 3.05) is 7.11 Å². The smallest absolute Gasteiger partial charge is 0.174 e. The molecular weight excluding hydrogens is 396 g/mol. The fraction of sp³-hybridized carbons (Fsp3) is 0.103. The van der Waals surface area contributed by atoms with E-state index in [2.05, 4.69) is 0 Å². The molecule has 0 unspecified atom stereocenters. The highest BCUT2D eigenvalue weighted by molar-refractivity contribution is 6.16. The molecule has 0 fully saturated rings. The zero-order valence-corrected chi connectivity index (χ0v) is 17.9. The van der Waals surface area contributed by atoms with Gasteiger partial charge >= 0.3 is 0 Å². The molecule has 4 aromatic carbocycles. The summed E-state index contributed by atoms with van der Waals surface area (Å²) in [7, 11) is 1.63. The van der Waals surface area contributed by atoms with E-state index in [0.29, 0.717) is 17.5 Å². The van der Waals surface area contributed by atoms with E-state index in [0.717, 1.165) is 22.4 Å². The first-order valence-corrected chi connectivity index (χ1v) is 10.6. The van der Waals surface area contributed by atoms with E-state index >= 15 is 0 Å². The van der Waals surface area contributed by atoms with Gasteiger partial charge in [0.15, 0.2) is 11.6 Å². The Morgan fingerprint density at radius 1 is 0.688 bits per heavy atom. The summed E-state index contributed by atoms with van der Waals surface area (Å²) in [6.07, 6.45) is 0.301. The van der Waals surface area contributed by atoms with Crippen LogP contribution in [0.1, 0.15) is 26.3 Å². The summed E-state index contributed by atoms with van der Waals surface area (Å²) in [5.41, 5.74) is 3.97. The Bertz CT molecular complexity index is 1150. The first-order valence-electron chi connectivity index (χ1n) is 10.6. The van der Waals surface area contributed by atoms with E-state index in [4.69, 9.17) is 4.74 Å². The van der Waals surface area contributed by atoms with Gasteiger partial charge in [0.2, 0.25) is 0 Å². The van der Waals surface area contributed by atoms with Crippen molar-refractivity contribution < 1.29 is 14.3 Å². The molecule has 0 saturated heterocycles. The molecule has 0 aliphatic carbocycles. The molecule has 4 rings (SSSR count). The van der Waals surface area contributed by atoms with E-state index in [-0.39, 0.29) is 11.6 Å². The number of benzene rings is 4. The standard InChI is InChI=1S/C29H24O3/c1-32-25-18-17-24(26(20-25)21-11-5-2-6-12-21)19-27(28(30)22-13-7-3-8-14-22)29(31)23-15-9-4-10-16-23/h2-18,20,27H,19H2,1H3. The topological polar surface area (TPSA) is 43.4 Å². The van der Waals surface area contributed by atoms with Gasteiger partial charge in [-0.2, -0.15) is 0 Å². The molecule has 0 aliphatic rings. The third-order valence-corrected chi connectivity index (χ3v) is 5.58. The molecule has 0 aliphatic heterocycles. The Hall–Kier alpha value is -3.98. The van der Waals surface area contributed by atoms with Crippen molar-refractivity contribution in [1.82, 2.24) is 0 Å². The van der Waals surface area contributed by atoms with E-state index in [1.54, 1.807) is 31.4 Å². The number of carbonyl (C=O) groups excluding carboxylic acids is 2. The van der Waals surface area contributed by atoms with Gasteiger partial charge < -0.3 is 4.74 Å². The molecule has 0 heterocycles. The van der Waals surface area contributed by atoms with Crippen LogP contribution in [0.3, 0.4) is 0 Å². The minimum absolute atomic E-state index is 0.172. The Morgan fingerprint density at radius 2 is 1.19 bits per heavy atom. The number of rotatable bonds is 8. The molecule has 0 amide bonds. The number of hydrogen-bond acceptors (Lipinski definition) is 3. The summed E-state index contributed by atoms with van der Waals surface area (Å²) >= 11 is 0. The molecule has 3 nitrogen and oxygen atoms in total. The fourth-order valence-electron chi connectivity index (χ4n) is 3.88. The summed E-state index contributed by atoms with van der Waals surface area (Å²) in [5.74, 6) is -0.438. The van der Waals surface area contributed by atoms with Gasteiger partial charge in [0.25, 0.3) is 0 Å². The van der Waals surface area contributed by atoms with E-state index in [1.165, 1.54) is 0 Å². The Balaban J connectivity index is 1.78. The van der Waals surface area contributed by atoms with Crippen LogP contribution in [-0.2, 0) is 6.42 Å². The van der Waals surface area contributed by atoms with Gasteiger partial charge in [0.1, 0.15) is 5.75 Å². The first-order chi connectivity index (χ1) is 15.7. The Morgan fingerprint density at radius 3 is 1.69 bits per heavy atom. The first kappa shape index (κ1) is 21.3. The Kier molecular flexibility index (Phi) is 6.57. The number of ketones is 2. The molecule has 0 atom stereocenters. The number of Topliss-reactive ketones (excluding diaryl/α,β-unsaturated/α-hetero) is 2. The summed E-state index contributed by atoms with van der Waals surface area (Å²) in [6, 6.07) is 33.8. The van der Waals surface area contributed by atoms with E-state index < -0.39 is 5.92 Å². The van der Waals surface area contributed by atoms with E-state index in [9.17, 15) is 9.59 Å². The molecule has 0 N–H and O–H groups in total. The zero-order chi connectivity index (χ0) is 22.3. The fourth-order valence-corrected chi connectivity index (χ4v) is 3.88. The molecule has 158 valence electrons. The van der Waals surface area contributed by atoms with Gasteiger partial charge in [-0.1, -0.05) is 97.1 Å². The summed E-state index contributed by atoms with van der Waals surface area (Å²) in [6.45, 7) is 0. The summed E-state index contributed by atoms with van der Waals surface area (Å²) in [4.78, 5) is 27.0. The predicted octanol–water partition coefficient (Wildman–Crippen LogP) is 6.29. The van der Waals surface area contributed by atoms with Crippen LogP contribution < -0.4 is 4.74 Å². The van der Waals surface area contributed by atoms with Crippen molar-refractivity contribution in [2.24, 2.45) is 5.92 Å². The van der Waals surface area contributed by atoms with Crippen LogP contribution in [0.15, 0.2) is 109 Å². The average molecular weight is 421 g/mol.